The Hall–Kier alpha value is -4.46. The molecule has 0 saturated carbocycles. The highest BCUT2D eigenvalue weighted by atomic mass is 16.6. The molecule has 8 nitrogen and oxygen atoms in total. The van der Waals surface area contributed by atoms with Crippen molar-refractivity contribution in [2.75, 3.05) is 14.2 Å². The van der Waals surface area contributed by atoms with Gasteiger partial charge >= 0.3 is 11.9 Å². The highest BCUT2D eigenvalue weighted by Gasteiger charge is 2.16. The minimum Gasteiger partial charge on any atom is -0.493 e. The van der Waals surface area contributed by atoms with E-state index in [1.165, 1.54) is 74.9 Å². The van der Waals surface area contributed by atoms with E-state index in [4.69, 9.17) is 18.9 Å². The number of hydrogen-bond donors (Lipinski definition) is 0. The van der Waals surface area contributed by atoms with Crippen LogP contribution in [0.25, 0.3) is 0 Å². The zero-order valence-electron chi connectivity index (χ0n) is 17.2. The normalized spacial score (nSPS) is 10.1. The molecule has 0 unspecified atom stereocenters. The number of rotatable bonds is 8. The summed E-state index contributed by atoms with van der Waals surface area (Å²) in [6.45, 7) is 0. The summed E-state index contributed by atoms with van der Waals surface area (Å²) in [6, 6.07) is 14.5. The Morgan fingerprint density at radius 3 is 1.28 bits per heavy atom. The number of carbonyl (C=O) groups excluding carboxylic acids is 4. The van der Waals surface area contributed by atoms with Crippen LogP contribution < -0.4 is 18.9 Å². The summed E-state index contributed by atoms with van der Waals surface area (Å²) in [7, 11) is 2.78. The van der Waals surface area contributed by atoms with E-state index < -0.39 is 11.9 Å². The van der Waals surface area contributed by atoms with Gasteiger partial charge in [0.05, 0.1) is 25.3 Å². The number of hydrogen-bond acceptors (Lipinski definition) is 8. The molecule has 0 aliphatic rings. The quantitative estimate of drug-likeness (QED) is 0.300. The Labute approximate surface area is 183 Å². The van der Waals surface area contributed by atoms with E-state index in [1.54, 1.807) is 0 Å². The minimum atomic E-state index is -0.673. The van der Waals surface area contributed by atoms with Crippen LogP contribution in [0.3, 0.4) is 0 Å². The van der Waals surface area contributed by atoms with Gasteiger partial charge < -0.3 is 18.9 Å². The van der Waals surface area contributed by atoms with Gasteiger partial charge in [-0.3, -0.25) is 9.59 Å². The molecular weight excluding hydrogens is 416 g/mol. The first-order valence-electron chi connectivity index (χ1n) is 9.30. The molecule has 3 aromatic rings. The molecule has 32 heavy (non-hydrogen) atoms. The first-order valence-corrected chi connectivity index (χ1v) is 9.30. The molecule has 0 amide bonds. The number of esters is 2. The Bertz CT molecular complexity index is 1070. The van der Waals surface area contributed by atoms with Crippen LogP contribution in [0.4, 0.5) is 0 Å². The van der Waals surface area contributed by atoms with Crippen molar-refractivity contribution in [2.45, 2.75) is 0 Å². The molecule has 0 aliphatic heterocycles. The summed E-state index contributed by atoms with van der Waals surface area (Å²) in [5.74, 6) is -0.577. The van der Waals surface area contributed by atoms with Crippen LogP contribution in [0.2, 0.25) is 0 Å². The van der Waals surface area contributed by atoms with E-state index in [0.29, 0.717) is 23.7 Å². The second-order valence-corrected chi connectivity index (χ2v) is 6.41. The molecule has 0 saturated heterocycles. The maximum atomic E-state index is 12.4. The van der Waals surface area contributed by atoms with Gasteiger partial charge in [-0.1, -0.05) is 0 Å². The van der Waals surface area contributed by atoms with Crippen molar-refractivity contribution in [1.82, 2.24) is 0 Å². The summed E-state index contributed by atoms with van der Waals surface area (Å²) in [5.41, 5.74) is 1.14. The van der Waals surface area contributed by atoms with E-state index in [2.05, 4.69) is 0 Å². The van der Waals surface area contributed by atoms with Crippen LogP contribution in [0.1, 0.15) is 41.4 Å². The number of carbonyl (C=O) groups is 4. The van der Waals surface area contributed by atoms with Crippen LogP contribution in [0, 0.1) is 0 Å². The van der Waals surface area contributed by atoms with Crippen LogP contribution in [-0.2, 0) is 0 Å². The summed E-state index contributed by atoms with van der Waals surface area (Å²) in [6.07, 6.45) is 1.30. The monoisotopic (exact) mass is 434 g/mol. The summed E-state index contributed by atoms with van der Waals surface area (Å²) in [5, 5.41) is 0. The van der Waals surface area contributed by atoms with Gasteiger partial charge in [0.15, 0.2) is 23.0 Å². The largest absolute Gasteiger partial charge is 0.493 e. The lowest BCUT2D eigenvalue weighted by Gasteiger charge is -2.11. The predicted molar refractivity (Wildman–Crippen MR) is 113 cm³/mol. The summed E-state index contributed by atoms with van der Waals surface area (Å²) < 4.78 is 20.9. The molecule has 0 atom stereocenters. The van der Waals surface area contributed by atoms with Gasteiger partial charge in [0, 0.05) is 11.1 Å². The zero-order chi connectivity index (χ0) is 23.1. The number of benzene rings is 3. The van der Waals surface area contributed by atoms with Gasteiger partial charge in [-0.05, 0) is 60.7 Å². The highest BCUT2D eigenvalue weighted by Crippen LogP contribution is 2.29. The summed E-state index contributed by atoms with van der Waals surface area (Å²) >= 11 is 0. The third-order valence-corrected chi connectivity index (χ3v) is 4.41. The third-order valence-electron chi connectivity index (χ3n) is 4.41. The molecule has 0 heterocycles. The zero-order valence-corrected chi connectivity index (χ0v) is 17.2. The lowest BCUT2D eigenvalue weighted by Crippen LogP contribution is -2.12. The van der Waals surface area contributed by atoms with Crippen molar-refractivity contribution >= 4 is 24.5 Å². The third kappa shape index (κ3) is 4.99. The van der Waals surface area contributed by atoms with Gasteiger partial charge in [0.1, 0.15) is 12.6 Å². The lowest BCUT2D eigenvalue weighted by atomic mass is 10.1. The second-order valence-electron chi connectivity index (χ2n) is 6.41. The van der Waals surface area contributed by atoms with E-state index in [9.17, 15) is 19.2 Å². The first kappa shape index (κ1) is 22.2. The first-order chi connectivity index (χ1) is 15.5. The molecule has 0 aliphatic carbocycles. The van der Waals surface area contributed by atoms with Gasteiger partial charge in [0.25, 0.3) is 0 Å². The maximum absolute atomic E-state index is 12.4. The van der Waals surface area contributed by atoms with E-state index in [0.717, 1.165) is 0 Å². The standard InChI is InChI=1S/C24H18O8/c1-29-21-11-15(13-25)3-9-19(21)31-23(27)17-5-7-18(8-6-17)24(28)32-20-10-4-16(14-26)12-22(20)30-2/h3-14H,1-2H3. The smallest absolute Gasteiger partial charge is 0.343 e. The SMILES string of the molecule is COc1cc(C=O)ccc1OC(=O)c1ccc(C(=O)Oc2ccc(C=O)cc2OC)cc1. The Morgan fingerprint density at radius 1 is 0.594 bits per heavy atom. The van der Waals surface area contributed by atoms with Crippen molar-refractivity contribution < 1.29 is 38.1 Å². The van der Waals surface area contributed by atoms with Gasteiger partial charge in [-0.15, -0.1) is 0 Å². The average Bonchev–Trinajstić information content (AvgIpc) is 2.84. The second kappa shape index (κ2) is 10.0. The predicted octanol–water partition coefficient (Wildman–Crippen LogP) is 3.77. The van der Waals surface area contributed by atoms with Gasteiger partial charge in [-0.25, -0.2) is 9.59 Å². The number of methoxy groups -OCH3 is 2. The lowest BCUT2D eigenvalue weighted by molar-refractivity contribution is 0.0715. The van der Waals surface area contributed by atoms with Crippen LogP contribution in [0.15, 0.2) is 60.7 Å². The molecule has 0 radical (unpaired) electrons. The molecule has 0 spiro atoms. The molecular formula is C24H18O8. The fraction of sp³-hybridized carbons (Fsp3) is 0.0833. The minimum absolute atomic E-state index is 0.150. The van der Waals surface area contributed by atoms with Gasteiger partial charge in [0.2, 0.25) is 0 Å². The molecule has 0 N–H and O–H groups in total. The van der Waals surface area contributed by atoms with E-state index in [1.807, 2.05) is 0 Å². The van der Waals surface area contributed by atoms with E-state index in [-0.39, 0.29) is 34.1 Å². The van der Waals surface area contributed by atoms with Crippen molar-refractivity contribution in [1.29, 1.82) is 0 Å². The van der Waals surface area contributed by atoms with Crippen LogP contribution >= 0.6 is 0 Å². The fourth-order valence-electron chi connectivity index (χ4n) is 2.74. The molecule has 8 heteroatoms. The Kier molecular flexibility index (Phi) is 6.97. The maximum Gasteiger partial charge on any atom is 0.343 e. The molecule has 0 aromatic heterocycles. The van der Waals surface area contributed by atoms with Crippen LogP contribution in [0.5, 0.6) is 23.0 Å². The van der Waals surface area contributed by atoms with Crippen molar-refractivity contribution in [2.24, 2.45) is 0 Å². The van der Waals surface area contributed by atoms with Crippen molar-refractivity contribution in [3.63, 3.8) is 0 Å². The molecule has 3 aromatic carbocycles. The fourth-order valence-corrected chi connectivity index (χ4v) is 2.74. The number of aldehydes is 2. The highest BCUT2D eigenvalue weighted by molar-refractivity contribution is 5.95. The van der Waals surface area contributed by atoms with E-state index >= 15 is 0 Å². The average molecular weight is 434 g/mol. The topological polar surface area (TPSA) is 105 Å². The Morgan fingerprint density at radius 2 is 0.969 bits per heavy atom. The molecule has 0 fully saturated rings. The van der Waals surface area contributed by atoms with Crippen molar-refractivity contribution in [3.05, 3.63) is 82.9 Å². The molecule has 3 rings (SSSR count). The summed E-state index contributed by atoms with van der Waals surface area (Å²) in [4.78, 5) is 46.6. The van der Waals surface area contributed by atoms with Crippen molar-refractivity contribution in [3.8, 4) is 23.0 Å². The molecule has 162 valence electrons. The van der Waals surface area contributed by atoms with Gasteiger partial charge in [-0.2, -0.15) is 0 Å². The van der Waals surface area contributed by atoms with Crippen LogP contribution in [-0.4, -0.2) is 38.7 Å². The number of ether oxygens (including phenoxy) is 4. The Balaban J connectivity index is 1.72. The molecule has 0 bridgehead atoms.